The fraction of sp³-hybridized carbons (Fsp3) is 0. The number of hydrogen-bond donors (Lipinski definition) is 1. The van der Waals surface area contributed by atoms with Gasteiger partial charge in [0.2, 0.25) is 5.76 Å². The number of nitrogen functional groups attached to an aromatic ring is 1. The third kappa shape index (κ3) is 1.97. The van der Waals surface area contributed by atoms with Crippen LogP contribution in [0.15, 0.2) is 45.5 Å². The normalized spacial score (nSPS) is 10.8. The maximum Gasteiger partial charge on any atom is 0.212 e. The van der Waals surface area contributed by atoms with Crippen LogP contribution < -0.4 is 5.73 Å². The molecule has 2 heterocycles. The Morgan fingerprint density at radius 2 is 1.84 bits per heavy atom. The lowest BCUT2D eigenvalue weighted by atomic mass is 10.0. The Morgan fingerprint density at radius 3 is 2.47 bits per heavy atom. The molecule has 0 amide bonds. The first-order valence-corrected chi connectivity index (χ1v) is 5.40. The van der Waals surface area contributed by atoms with Crippen molar-refractivity contribution in [3.05, 3.63) is 48.2 Å². The summed E-state index contributed by atoms with van der Waals surface area (Å²) in [4.78, 5) is 0. The van der Waals surface area contributed by atoms with E-state index in [-0.39, 0.29) is 17.1 Å². The van der Waals surface area contributed by atoms with Gasteiger partial charge in [-0.3, -0.25) is 0 Å². The maximum absolute atomic E-state index is 13.3. The first-order chi connectivity index (χ1) is 9.15. The quantitative estimate of drug-likeness (QED) is 0.768. The van der Waals surface area contributed by atoms with Gasteiger partial charge in [0, 0.05) is 6.07 Å². The molecular formula is C13H8F2N2O2. The van der Waals surface area contributed by atoms with Crippen molar-refractivity contribution in [2.45, 2.75) is 0 Å². The minimum atomic E-state index is -0.707. The van der Waals surface area contributed by atoms with E-state index in [2.05, 4.69) is 5.16 Å². The number of furan rings is 1. The molecule has 0 spiro atoms. The topological polar surface area (TPSA) is 65.2 Å². The summed E-state index contributed by atoms with van der Waals surface area (Å²) in [5.41, 5.74) is 6.23. The molecule has 2 aromatic heterocycles. The molecule has 3 rings (SSSR count). The number of aromatic nitrogens is 1. The summed E-state index contributed by atoms with van der Waals surface area (Å²) in [5.74, 6) is -0.769. The van der Waals surface area contributed by atoms with E-state index >= 15 is 0 Å². The second-order valence-electron chi connectivity index (χ2n) is 3.91. The van der Waals surface area contributed by atoms with Gasteiger partial charge in [0.05, 0.1) is 11.8 Å². The highest BCUT2D eigenvalue weighted by Crippen LogP contribution is 2.37. The highest BCUT2D eigenvalue weighted by Gasteiger charge is 2.20. The van der Waals surface area contributed by atoms with Gasteiger partial charge in [-0.1, -0.05) is 5.16 Å². The molecule has 0 aliphatic carbocycles. The number of halogens is 2. The minimum Gasteiger partial charge on any atom is -0.461 e. The Bertz CT molecular complexity index is 700. The van der Waals surface area contributed by atoms with Crippen LogP contribution in [0.1, 0.15) is 0 Å². The molecule has 4 nitrogen and oxygen atoms in total. The van der Waals surface area contributed by atoms with Crippen LogP contribution in [0.2, 0.25) is 0 Å². The van der Waals surface area contributed by atoms with Crippen LogP contribution in [-0.2, 0) is 0 Å². The molecule has 0 saturated heterocycles. The van der Waals surface area contributed by atoms with Gasteiger partial charge in [0.25, 0.3) is 0 Å². The predicted octanol–water partition coefficient (Wildman–Crippen LogP) is 3.46. The third-order valence-electron chi connectivity index (χ3n) is 2.61. The van der Waals surface area contributed by atoms with Crippen molar-refractivity contribution in [1.82, 2.24) is 5.16 Å². The zero-order valence-corrected chi connectivity index (χ0v) is 9.56. The molecule has 0 aliphatic heterocycles. The molecule has 19 heavy (non-hydrogen) atoms. The van der Waals surface area contributed by atoms with E-state index in [1.54, 1.807) is 12.1 Å². The number of nitrogens with two attached hydrogens (primary N) is 1. The number of benzene rings is 1. The Labute approximate surface area is 106 Å². The fourth-order valence-corrected chi connectivity index (χ4v) is 1.86. The van der Waals surface area contributed by atoms with Crippen LogP contribution in [0.5, 0.6) is 0 Å². The fourth-order valence-electron chi connectivity index (χ4n) is 1.86. The van der Waals surface area contributed by atoms with Gasteiger partial charge in [0.1, 0.15) is 11.6 Å². The van der Waals surface area contributed by atoms with E-state index in [9.17, 15) is 8.78 Å². The van der Waals surface area contributed by atoms with Gasteiger partial charge in [0.15, 0.2) is 11.6 Å². The molecule has 0 bridgehead atoms. The van der Waals surface area contributed by atoms with Crippen LogP contribution >= 0.6 is 0 Å². The molecule has 0 fully saturated rings. The van der Waals surface area contributed by atoms with Crippen molar-refractivity contribution < 1.29 is 17.7 Å². The highest BCUT2D eigenvalue weighted by molar-refractivity contribution is 5.85. The minimum absolute atomic E-state index is 0.0383. The largest absolute Gasteiger partial charge is 0.461 e. The Hall–Kier alpha value is -2.63. The molecule has 0 aliphatic rings. The van der Waals surface area contributed by atoms with Crippen molar-refractivity contribution in [2.75, 3.05) is 5.73 Å². The SMILES string of the molecule is Nc1noc(-c2ccco2)c1-c1cc(F)cc(F)c1. The Morgan fingerprint density at radius 1 is 1.11 bits per heavy atom. The van der Waals surface area contributed by atoms with Crippen molar-refractivity contribution in [3.63, 3.8) is 0 Å². The van der Waals surface area contributed by atoms with E-state index < -0.39 is 11.6 Å². The molecule has 0 atom stereocenters. The second-order valence-corrected chi connectivity index (χ2v) is 3.91. The summed E-state index contributed by atoms with van der Waals surface area (Å²) in [6.45, 7) is 0. The zero-order valence-electron chi connectivity index (χ0n) is 9.56. The number of rotatable bonds is 2. The first kappa shape index (κ1) is 11.5. The van der Waals surface area contributed by atoms with E-state index in [0.717, 1.165) is 18.2 Å². The van der Waals surface area contributed by atoms with Crippen LogP contribution in [0.4, 0.5) is 14.6 Å². The smallest absolute Gasteiger partial charge is 0.212 e. The van der Waals surface area contributed by atoms with Crippen LogP contribution in [0.3, 0.4) is 0 Å². The van der Waals surface area contributed by atoms with Crippen molar-refractivity contribution in [2.24, 2.45) is 0 Å². The van der Waals surface area contributed by atoms with Gasteiger partial charge in [-0.15, -0.1) is 0 Å². The zero-order chi connectivity index (χ0) is 13.4. The van der Waals surface area contributed by atoms with Gasteiger partial charge in [-0.2, -0.15) is 0 Å². The van der Waals surface area contributed by atoms with Gasteiger partial charge in [-0.25, -0.2) is 8.78 Å². The van der Waals surface area contributed by atoms with Gasteiger partial charge in [-0.05, 0) is 29.8 Å². The monoisotopic (exact) mass is 262 g/mol. The van der Waals surface area contributed by atoms with Crippen LogP contribution in [0, 0.1) is 11.6 Å². The Kier molecular flexibility index (Phi) is 2.56. The van der Waals surface area contributed by atoms with E-state index in [0.29, 0.717) is 11.3 Å². The lowest BCUT2D eigenvalue weighted by Crippen LogP contribution is -1.90. The van der Waals surface area contributed by atoms with E-state index in [4.69, 9.17) is 14.7 Å². The molecule has 6 heteroatoms. The van der Waals surface area contributed by atoms with Crippen LogP contribution in [0.25, 0.3) is 22.6 Å². The summed E-state index contributed by atoms with van der Waals surface area (Å²) in [7, 11) is 0. The molecule has 1 aromatic carbocycles. The number of hydrogen-bond acceptors (Lipinski definition) is 4. The molecule has 96 valence electrons. The van der Waals surface area contributed by atoms with Gasteiger partial charge < -0.3 is 14.7 Å². The standard InChI is InChI=1S/C13H8F2N2O2/c14-8-4-7(5-9(15)6-8)11-12(19-17-13(11)16)10-2-1-3-18-10/h1-6H,(H2,16,17). The third-order valence-corrected chi connectivity index (χ3v) is 2.61. The highest BCUT2D eigenvalue weighted by atomic mass is 19.1. The van der Waals surface area contributed by atoms with E-state index in [1.165, 1.54) is 6.26 Å². The average Bonchev–Trinajstić information content (AvgIpc) is 2.95. The Balaban J connectivity index is 2.22. The molecular weight excluding hydrogens is 254 g/mol. The summed E-state index contributed by atoms with van der Waals surface area (Å²) in [5, 5.41) is 3.61. The van der Waals surface area contributed by atoms with Gasteiger partial charge >= 0.3 is 0 Å². The molecule has 2 N–H and O–H groups in total. The summed E-state index contributed by atoms with van der Waals surface area (Å²) in [6, 6.07) is 6.37. The lowest BCUT2D eigenvalue weighted by Gasteiger charge is -2.01. The molecule has 0 radical (unpaired) electrons. The van der Waals surface area contributed by atoms with E-state index in [1.807, 2.05) is 0 Å². The summed E-state index contributed by atoms with van der Waals surface area (Å²) >= 11 is 0. The molecule has 0 unspecified atom stereocenters. The predicted molar refractivity (Wildman–Crippen MR) is 64.0 cm³/mol. The maximum atomic E-state index is 13.3. The van der Waals surface area contributed by atoms with Crippen molar-refractivity contribution >= 4 is 5.82 Å². The van der Waals surface area contributed by atoms with Crippen molar-refractivity contribution in [3.8, 4) is 22.6 Å². The summed E-state index contributed by atoms with van der Waals surface area (Å²) in [6.07, 6.45) is 1.45. The second kappa shape index (κ2) is 4.24. The molecule has 3 aromatic rings. The molecule has 0 saturated carbocycles. The number of anilines is 1. The summed E-state index contributed by atoms with van der Waals surface area (Å²) < 4.78 is 36.8. The average molecular weight is 262 g/mol. The lowest BCUT2D eigenvalue weighted by molar-refractivity contribution is 0.421. The van der Waals surface area contributed by atoms with Crippen molar-refractivity contribution in [1.29, 1.82) is 0 Å². The first-order valence-electron chi connectivity index (χ1n) is 5.40. The number of nitrogens with zero attached hydrogens (tertiary/aromatic N) is 1. The van der Waals surface area contributed by atoms with Crippen LogP contribution in [-0.4, -0.2) is 5.16 Å².